The molecular weight excluding hydrogens is 240 g/mol. The minimum Gasteiger partial charge on any atom is -0.550 e. The van der Waals surface area contributed by atoms with Gasteiger partial charge in [-0.2, -0.15) is 0 Å². The van der Waals surface area contributed by atoms with Crippen LogP contribution in [0, 0.1) is 5.92 Å². The van der Waals surface area contributed by atoms with E-state index in [-0.39, 0.29) is 0 Å². The third-order valence-corrected chi connectivity index (χ3v) is 3.74. The maximum Gasteiger partial charge on any atom is 0.0620 e. The summed E-state index contributed by atoms with van der Waals surface area (Å²) in [4.78, 5) is 11.1. The second-order valence-corrected chi connectivity index (χ2v) is 5.55. The van der Waals surface area contributed by atoms with Gasteiger partial charge in [0.15, 0.2) is 0 Å². The van der Waals surface area contributed by atoms with Gasteiger partial charge < -0.3 is 15.0 Å². The molecule has 19 heavy (non-hydrogen) atoms. The smallest absolute Gasteiger partial charge is 0.0620 e. The topological polar surface area (TPSA) is 60.4 Å². The minimum absolute atomic E-state index is 0.554. The summed E-state index contributed by atoms with van der Waals surface area (Å²) in [6.45, 7) is 4.29. The number of hydrogen-bond donors (Lipinski definition) is 1. The van der Waals surface area contributed by atoms with Gasteiger partial charge in [-0.05, 0) is 12.8 Å². The summed E-state index contributed by atoms with van der Waals surface area (Å²) in [5, 5.41) is 21.0. The SMILES string of the molecule is CCCCCCC[C@H](O)[C@@H](CCCCCC)C(=O)[O-]. The highest BCUT2D eigenvalue weighted by molar-refractivity contribution is 5.68. The molecule has 3 heteroatoms. The molecular formula is C16H31O3-. The van der Waals surface area contributed by atoms with Crippen molar-refractivity contribution in [3.63, 3.8) is 0 Å². The molecule has 0 spiro atoms. The van der Waals surface area contributed by atoms with Crippen LogP contribution < -0.4 is 5.11 Å². The quantitative estimate of drug-likeness (QED) is 0.524. The van der Waals surface area contributed by atoms with Crippen LogP contribution in [0.15, 0.2) is 0 Å². The molecule has 0 bridgehead atoms. The summed E-state index contributed by atoms with van der Waals surface area (Å²) < 4.78 is 0. The minimum atomic E-state index is -1.09. The predicted octanol–water partition coefficient (Wildman–Crippen LogP) is 3.04. The molecule has 0 unspecified atom stereocenters. The van der Waals surface area contributed by atoms with Gasteiger partial charge in [0.2, 0.25) is 0 Å². The number of carboxylic acid groups (broad SMARTS) is 1. The van der Waals surface area contributed by atoms with Crippen molar-refractivity contribution in [1.82, 2.24) is 0 Å². The van der Waals surface area contributed by atoms with Crippen LogP contribution in [0.25, 0.3) is 0 Å². The van der Waals surface area contributed by atoms with E-state index in [1.165, 1.54) is 19.3 Å². The molecule has 0 aliphatic heterocycles. The molecule has 0 aromatic heterocycles. The van der Waals surface area contributed by atoms with Gasteiger partial charge in [-0.1, -0.05) is 71.6 Å². The van der Waals surface area contributed by atoms with Crippen LogP contribution in [0.4, 0.5) is 0 Å². The van der Waals surface area contributed by atoms with Crippen LogP contribution >= 0.6 is 0 Å². The van der Waals surface area contributed by atoms with E-state index in [2.05, 4.69) is 13.8 Å². The molecule has 0 fully saturated rings. The maximum atomic E-state index is 11.1. The molecule has 0 radical (unpaired) electrons. The van der Waals surface area contributed by atoms with Gasteiger partial charge in [0.05, 0.1) is 6.10 Å². The van der Waals surface area contributed by atoms with Gasteiger partial charge in [-0.25, -0.2) is 0 Å². The number of hydrogen-bond acceptors (Lipinski definition) is 3. The molecule has 0 aliphatic rings. The van der Waals surface area contributed by atoms with E-state index in [1.54, 1.807) is 0 Å². The standard InChI is InChI=1S/C16H32O3/c1-3-5-7-9-11-13-15(17)14(16(18)19)12-10-8-6-4-2/h14-15,17H,3-13H2,1-2H3,(H,18,19)/p-1/t14-,15+/m1/s1. The molecule has 0 aromatic carbocycles. The average molecular weight is 271 g/mol. The van der Waals surface area contributed by atoms with Gasteiger partial charge in [0.1, 0.15) is 0 Å². The van der Waals surface area contributed by atoms with Gasteiger partial charge in [0.25, 0.3) is 0 Å². The lowest BCUT2D eigenvalue weighted by molar-refractivity contribution is -0.314. The van der Waals surface area contributed by atoms with Crippen molar-refractivity contribution in [2.75, 3.05) is 0 Å². The highest BCUT2D eigenvalue weighted by Crippen LogP contribution is 2.19. The highest BCUT2D eigenvalue weighted by atomic mass is 16.4. The zero-order chi connectivity index (χ0) is 14.5. The Bertz CT molecular complexity index is 216. The normalized spacial score (nSPS) is 14.3. The fourth-order valence-electron chi connectivity index (χ4n) is 2.42. The number of carbonyl (C=O) groups excluding carboxylic acids is 1. The van der Waals surface area contributed by atoms with Crippen molar-refractivity contribution in [3.05, 3.63) is 0 Å². The molecule has 0 rings (SSSR count). The van der Waals surface area contributed by atoms with Gasteiger partial charge in [0, 0.05) is 11.9 Å². The fraction of sp³-hybridized carbons (Fsp3) is 0.938. The molecule has 0 heterocycles. The zero-order valence-electron chi connectivity index (χ0n) is 12.7. The summed E-state index contributed by atoms with van der Waals surface area (Å²) in [6.07, 6.45) is 10.2. The number of carboxylic acids is 1. The Morgan fingerprint density at radius 3 is 1.89 bits per heavy atom. The van der Waals surface area contributed by atoms with Crippen molar-refractivity contribution in [1.29, 1.82) is 0 Å². The number of unbranched alkanes of at least 4 members (excludes halogenated alkanes) is 7. The van der Waals surface area contributed by atoms with E-state index in [0.717, 1.165) is 38.5 Å². The molecule has 2 atom stereocenters. The van der Waals surface area contributed by atoms with Crippen molar-refractivity contribution in [3.8, 4) is 0 Å². The zero-order valence-corrected chi connectivity index (χ0v) is 12.7. The van der Waals surface area contributed by atoms with Gasteiger partial charge in [-0.3, -0.25) is 0 Å². The first kappa shape index (κ1) is 18.4. The summed E-state index contributed by atoms with van der Waals surface area (Å²) in [5.41, 5.74) is 0. The highest BCUT2D eigenvalue weighted by Gasteiger charge is 2.19. The van der Waals surface area contributed by atoms with Crippen LogP contribution in [-0.4, -0.2) is 17.2 Å². The second kappa shape index (κ2) is 12.5. The number of aliphatic hydroxyl groups is 1. The first-order chi connectivity index (χ1) is 9.13. The maximum absolute atomic E-state index is 11.1. The number of aliphatic carboxylic acids is 1. The number of carbonyl (C=O) groups is 1. The molecule has 1 N–H and O–H groups in total. The molecule has 3 nitrogen and oxygen atoms in total. The van der Waals surface area contributed by atoms with E-state index in [4.69, 9.17) is 0 Å². The van der Waals surface area contributed by atoms with E-state index in [9.17, 15) is 15.0 Å². The van der Waals surface area contributed by atoms with E-state index in [0.29, 0.717) is 12.8 Å². The van der Waals surface area contributed by atoms with E-state index >= 15 is 0 Å². The van der Waals surface area contributed by atoms with Gasteiger partial charge in [-0.15, -0.1) is 0 Å². The molecule has 0 amide bonds. The van der Waals surface area contributed by atoms with Crippen LogP contribution in [0.5, 0.6) is 0 Å². The van der Waals surface area contributed by atoms with Crippen molar-refractivity contribution in [2.45, 2.75) is 90.6 Å². The Morgan fingerprint density at radius 2 is 1.37 bits per heavy atom. The van der Waals surface area contributed by atoms with Crippen LogP contribution in [0.3, 0.4) is 0 Å². The molecule has 0 saturated heterocycles. The molecule has 0 saturated carbocycles. The summed E-state index contributed by atoms with van der Waals surface area (Å²) in [6, 6.07) is 0. The lowest BCUT2D eigenvalue weighted by Gasteiger charge is -2.24. The van der Waals surface area contributed by atoms with Crippen LogP contribution in [0.1, 0.15) is 84.5 Å². The second-order valence-electron chi connectivity index (χ2n) is 5.55. The summed E-state index contributed by atoms with van der Waals surface area (Å²) in [7, 11) is 0. The first-order valence-electron chi connectivity index (χ1n) is 8.02. The lowest BCUT2D eigenvalue weighted by atomic mass is 9.92. The summed E-state index contributed by atoms with van der Waals surface area (Å²) >= 11 is 0. The Kier molecular flexibility index (Phi) is 12.1. The monoisotopic (exact) mass is 271 g/mol. The Labute approximate surface area is 118 Å². The molecule has 0 aromatic rings. The number of rotatable bonds is 13. The third-order valence-electron chi connectivity index (χ3n) is 3.74. The Balaban J connectivity index is 3.84. The van der Waals surface area contributed by atoms with E-state index in [1.807, 2.05) is 0 Å². The van der Waals surface area contributed by atoms with E-state index < -0.39 is 18.0 Å². The average Bonchev–Trinajstić information content (AvgIpc) is 2.37. The van der Waals surface area contributed by atoms with Gasteiger partial charge >= 0.3 is 0 Å². The molecule has 0 aliphatic carbocycles. The predicted molar refractivity (Wildman–Crippen MR) is 76.6 cm³/mol. The largest absolute Gasteiger partial charge is 0.550 e. The van der Waals surface area contributed by atoms with Crippen LogP contribution in [-0.2, 0) is 4.79 Å². The van der Waals surface area contributed by atoms with Crippen LogP contribution in [0.2, 0.25) is 0 Å². The fourth-order valence-corrected chi connectivity index (χ4v) is 2.42. The van der Waals surface area contributed by atoms with Crippen molar-refractivity contribution < 1.29 is 15.0 Å². The summed E-state index contributed by atoms with van der Waals surface area (Å²) in [5.74, 6) is -1.76. The number of aliphatic hydroxyl groups excluding tert-OH is 1. The van der Waals surface area contributed by atoms with Crippen molar-refractivity contribution >= 4 is 5.97 Å². The molecule has 114 valence electrons. The Hall–Kier alpha value is -0.570. The third kappa shape index (κ3) is 9.94. The van der Waals surface area contributed by atoms with Crippen molar-refractivity contribution in [2.24, 2.45) is 5.92 Å². The first-order valence-corrected chi connectivity index (χ1v) is 8.02. The Morgan fingerprint density at radius 1 is 0.895 bits per heavy atom. The lowest BCUT2D eigenvalue weighted by Crippen LogP contribution is -2.38.